The van der Waals surface area contributed by atoms with Crippen LogP contribution >= 0.6 is 0 Å². The van der Waals surface area contributed by atoms with Crippen LogP contribution in [-0.4, -0.2) is 49.1 Å². The number of hydrogen-bond acceptors (Lipinski definition) is 4. The van der Waals surface area contributed by atoms with Crippen molar-refractivity contribution in [3.63, 3.8) is 0 Å². The summed E-state index contributed by atoms with van der Waals surface area (Å²) >= 11 is 0. The Labute approximate surface area is 88.8 Å². The van der Waals surface area contributed by atoms with Crippen molar-refractivity contribution in [3.8, 4) is 0 Å². The smallest absolute Gasteiger partial charge is 0.323 e. The molecule has 2 rings (SSSR count). The lowest BCUT2D eigenvalue weighted by molar-refractivity contribution is -0.146. The number of carbonyl (C=O) groups is 2. The van der Waals surface area contributed by atoms with Crippen molar-refractivity contribution in [3.05, 3.63) is 0 Å². The minimum atomic E-state index is -0.174. The zero-order valence-electron chi connectivity index (χ0n) is 8.86. The lowest BCUT2D eigenvalue weighted by Gasteiger charge is -2.27. The lowest BCUT2D eigenvalue weighted by Crippen LogP contribution is -2.44. The third-order valence-corrected chi connectivity index (χ3v) is 3.19. The van der Waals surface area contributed by atoms with Gasteiger partial charge in [0.05, 0.1) is 7.11 Å². The van der Waals surface area contributed by atoms with Gasteiger partial charge in [0.15, 0.2) is 0 Å². The van der Waals surface area contributed by atoms with E-state index in [0.717, 1.165) is 19.4 Å². The Morgan fingerprint density at radius 3 is 3.00 bits per heavy atom. The first-order valence-electron chi connectivity index (χ1n) is 5.32. The first kappa shape index (κ1) is 10.4. The molecule has 0 spiro atoms. The number of nitrogens with one attached hydrogen (secondary N) is 1. The van der Waals surface area contributed by atoms with E-state index in [0.29, 0.717) is 13.0 Å². The van der Waals surface area contributed by atoms with Crippen molar-refractivity contribution in [2.45, 2.75) is 31.3 Å². The summed E-state index contributed by atoms with van der Waals surface area (Å²) in [5.74, 6) is -0.0950. The molecule has 5 nitrogen and oxygen atoms in total. The molecule has 0 aromatic carbocycles. The first-order chi connectivity index (χ1) is 7.22. The third kappa shape index (κ3) is 1.97. The molecule has 2 fully saturated rings. The van der Waals surface area contributed by atoms with E-state index in [1.807, 2.05) is 0 Å². The summed E-state index contributed by atoms with van der Waals surface area (Å²) < 4.78 is 4.76. The Hall–Kier alpha value is -1.10. The molecule has 1 amide bonds. The number of hydrogen-bond donors (Lipinski definition) is 1. The van der Waals surface area contributed by atoms with Gasteiger partial charge in [-0.05, 0) is 19.4 Å². The molecule has 1 unspecified atom stereocenters. The van der Waals surface area contributed by atoms with Crippen LogP contribution in [0.1, 0.15) is 19.3 Å². The van der Waals surface area contributed by atoms with Gasteiger partial charge in [-0.25, -0.2) is 0 Å². The average molecular weight is 212 g/mol. The molecule has 2 aliphatic rings. The zero-order chi connectivity index (χ0) is 10.8. The predicted octanol–water partition coefficient (Wildman–Crippen LogP) is -0.488. The van der Waals surface area contributed by atoms with Crippen molar-refractivity contribution >= 4 is 11.9 Å². The summed E-state index contributed by atoms with van der Waals surface area (Å²) in [6, 6.07) is 0.0248. The second-order valence-electron chi connectivity index (χ2n) is 4.08. The molecule has 15 heavy (non-hydrogen) atoms. The van der Waals surface area contributed by atoms with Gasteiger partial charge >= 0.3 is 5.97 Å². The van der Waals surface area contributed by atoms with Gasteiger partial charge < -0.3 is 10.1 Å². The molecular weight excluding hydrogens is 196 g/mol. The molecule has 0 aliphatic carbocycles. The number of methoxy groups -OCH3 is 1. The number of carbonyl (C=O) groups excluding carboxylic acids is 2. The number of amides is 1. The van der Waals surface area contributed by atoms with Crippen molar-refractivity contribution in [2.75, 3.05) is 20.2 Å². The van der Waals surface area contributed by atoms with E-state index < -0.39 is 0 Å². The van der Waals surface area contributed by atoms with Crippen molar-refractivity contribution in [1.29, 1.82) is 0 Å². The summed E-state index contributed by atoms with van der Waals surface area (Å²) in [6.45, 7) is 1.55. The van der Waals surface area contributed by atoms with Crippen LogP contribution in [0.2, 0.25) is 0 Å². The van der Waals surface area contributed by atoms with Crippen LogP contribution in [0.3, 0.4) is 0 Å². The van der Waals surface area contributed by atoms with Gasteiger partial charge in [0, 0.05) is 19.0 Å². The van der Waals surface area contributed by atoms with Crippen LogP contribution in [-0.2, 0) is 14.3 Å². The molecule has 1 N–H and O–H groups in total. The highest BCUT2D eigenvalue weighted by Crippen LogP contribution is 2.23. The average Bonchev–Trinajstić information content (AvgIpc) is 2.84. The zero-order valence-corrected chi connectivity index (χ0v) is 8.86. The Morgan fingerprint density at radius 1 is 1.60 bits per heavy atom. The second kappa shape index (κ2) is 4.18. The van der Waals surface area contributed by atoms with Crippen molar-refractivity contribution < 1.29 is 14.3 Å². The topological polar surface area (TPSA) is 58.6 Å². The van der Waals surface area contributed by atoms with Crippen LogP contribution in [0.25, 0.3) is 0 Å². The fourth-order valence-corrected chi connectivity index (χ4v) is 2.44. The van der Waals surface area contributed by atoms with E-state index in [4.69, 9.17) is 4.74 Å². The van der Waals surface area contributed by atoms with E-state index in [9.17, 15) is 9.59 Å². The summed E-state index contributed by atoms with van der Waals surface area (Å²) in [7, 11) is 1.41. The van der Waals surface area contributed by atoms with E-state index >= 15 is 0 Å². The first-order valence-corrected chi connectivity index (χ1v) is 5.32. The molecule has 0 aromatic heterocycles. The standard InChI is InChI=1S/C10H16N2O3/c1-15-10(14)8-3-2-4-12(8)7-5-9(13)11-6-7/h7-8H,2-6H2,1H3,(H,11,13)/t7?,8-/m0/s1. The quantitative estimate of drug-likeness (QED) is 0.628. The molecule has 0 saturated carbocycles. The lowest BCUT2D eigenvalue weighted by atomic mass is 10.1. The van der Waals surface area contributed by atoms with Crippen LogP contribution < -0.4 is 5.32 Å². The van der Waals surface area contributed by atoms with Crippen LogP contribution in [0.5, 0.6) is 0 Å². The van der Waals surface area contributed by atoms with Crippen molar-refractivity contribution in [1.82, 2.24) is 10.2 Å². The molecule has 0 bridgehead atoms. The number of esters is 1. The highest BCUT2D eigenvalue weighted by atomic mass is 16.5. The molecule has 0 radical (unpaired) electrons. The second-order valence-corrected chi connectivity index (χ2v) is 4.08. The monoisotopic (exact) mass is 212 g/mol. The number of likely N-dealkylation sites (tertiary alicyclic amines) is 1. The molecule has 0 aromatic rings. The molecule has 5 heteroatoms. The van der Waals surface area contributed by atoms with Crippen LogP contribution in [0.4, 0.5) is 0 Å². The van der Waals surface area contributed by atoms with E-state index in [2.05, 4.69) is 10.2 Å². The highest BCUT2D eigenvalue weighted by molar-refractivity contribution is 5.80. The van der Waals surface area contributed by atoms with E-state index in [-0.39, 0.29) is 24.0 Å². The Bertz CT molecular complexity index is 280. The molecule has 2 heterocycles. The van der Waals surface area contributed by atoms with Gasteiger partial charge in [-0.2, -0.15) is 0 Å². The normalized spacial score (nSPS) is 31.7. The summed E-state index contributed by atoms with van der Waals surface area (Å²) in [5, 5.41) is 2.79. The Morgan fingerprint density at radius 2 is 2.40 bits per heavy atom. The minimum Gasteiger partial charge on any atom is -0.468 e. The maximum absolute atomic E-state index is 11.5. The number of rotatable bonds is 2. The maximum Gasteiger partial charge on any atom is 0.323 e. The van der Waals surface area contributed by atoms with Crippen LogP contribution in [0.15, 0.2) is 0 Å². The molecule has 2 atom stereocenters. The van der Waals surface area contributed by atoms with Crippen molar-refractivity contribution in [2.24, 2.45) is 0 Å². The fourth-order valence-electron chi connectivity index (χ4n) is 2.44. The predicted molar refractivity (Wildman–Crippen MR) is 53.2 cm³/mol. The van der Waals surface area contributed by atoms with Gasteiger partial charge in [-0.3, -0.25) is 14.5 Å². The largest absolute Gasteiger partial charge is 0.468 e. The van der Waals surface area contributed by atoms with Gasteiger partial charge in [0.1, 0.15) is 6.04 Å². The maximum atomic E-state index is 11.5. The summed E-state index contributed by atoms with van der Waals surface area (Å²) in [5.41, 5.74) is 0. The van der Waals surface area contributed by atoms with E-state index in [1.54, 1.807) is 0 Å². The van der Waals surface area contributed by atoms with E-state index in [1.165, 1.54) is 7.11 Å². The number of nitrogens with zero attached hydrogens (tertiary/aromatic N) is 1. The van der Waals surface area contributed by atoms with Gasteiger partial charge in [0.2, 0.25) is 5.91 Å². The highest BCUT2D eigenvalue weighted by Gasteiger charge is 2.38. The van der Waals surface area contributed by atoms with Gasteiger partial charge in [-0.1, -0.05) is 0 Å². The molecular formula is C10H16N2O3. The molecule has 2 saturated heterocycles. The number of ether oxygens (including phenoxy) is 1. The Balaban J connectivity index is 2.01. The van der Waals surface area contributed by atoms with Crippen LogP contribution in [0, 0.1) is 0 Å². The molecule has 84 valence electrons. The summed E-state index contributed by atoms with van der Waals surface area (Å²) in [6.07, 6.45) is 2.36. The summed E-state index contributed by atoms with van der Waals surface area (Å²) in [4.78, 5) is 24.7. The molecule has 2 aliphatic heterocycles. The Kier molecular flexibility index (Phi) is 2.90. The minimum absolute atomic E-state index is 0.0792. The fraction of sp³-hybridized carbons (Fsp3) is 0.800. The third-order valence-electron chi connectivity index (χ3n) is 3.19. The van der Waals surface area contributed by atoms with Gasteiger partial charge in [-0.15, -0.1) is 0 Å². The van der Waals surface area contributed by atoms with Gasteiger partial charge in [0.25, 0.3) is 0 Å². The SMILES string of the molecule is COC(=O)[C@@H]1CCCN1C1CNC(=O)C1.